The Morgan fingerprint density at radius 1 is 1.14 bits per heavy atom. The fourth-order valence-corrected chi connectivity index (χ4v) is 1.97. The molecule has 21 heavy (non-hydrogen) atoms. The minimum atomic E-state index is 0.332. The van der Waals surface area contributed by atoms with Crippen molar-refractivity contribution in [3.05, 3.63) is 29.8 Å². The fraction of sp³-hybridized carbons (Fsp3) is 0.400. The third kappa shape index (κ3) is 3.59. The Labute approximate surface area is 125 Å². The molecule has 0 radical (unpaired) electrons. The van der Waals surface area contributed by atoms with Crippen LogP contribution in [-0.2, 0) is 0 Å². The van der Waals surface area contributed by atoms with E-state index in [2.05, 4.69) is 33.3 Å². The van der Waals surface area contributed by atoms with E-state index in [9.17, 15) is 0 Å². The number of anilines is 3. The lowest BCUT2D eigenvalue weighted by Crippen LogP contribution is -2.17. The summed E-state index contributed by atoms with van der Waals surface area (Å²) < 4.78 is 5.42. The van der Waals surface area contributed by atoms with E-state index in [4.69, 9.17) is 4.74 Å². The first kappa shape index (κ1) is 15.0. The summed E-state index contributed by atoms with van der Waals surface area (Å²) in [5, 5.41) is 3.10. The molecule has 1 aromatic heterocycles. The predicted octanol–water partition coefficient (Wildman–Crippen LogP) is 2.78. The van der Waals surface area contributed by atoms with E-state index in [1.807, 2.05) is 44.0 Å². The van der Waals surface area contributed by atoms with E-state index in [0.29, 0.717) is 24.5 Å². The molecule has 0 aliphatic carbocycles. The number of ether oxygens (including phenoxy) is 1. The normalized spacial score (nSPS) is 10.3. The number of nitrogens with zero attached hydrogens (tertiary/aromatic N) is 4. The maximum atomic E-state index is 5.42. The van der Waals surface area contributed by atoms with Gasteiger partial charge in [-0.2, -0.15) is 15.0 Å². The van der Waals surface area contributed by atoms with Gasteiger partial charge in [0.15, 0.2) is 0 Å². The predicted molar refractivity (Wildman–Crippen MR) is 84.4 cm³/mol. The number of nitrogens with one attached hydrogen (secondary N) is 1. The van der Waals surface area contributed by atoms with Crippen molar-refractivity contribution in [1.82, 2.24) is 15.0 Å². The fourth-order valence-electron chi connectivity index (χ4n) is 1.97. The standard InChI is InChI=1S/C15H21N5O/c1-5-16-13-17-14(19-15(18-13)21-6-2)20(4)12-10-8-7-9-11(12)3/h7-10H,5-6H2,1-4H3,(H,16,17,18,19). The van der Waals surface area contributed by atoms with E-state index in [1.165, 1.54) is 0 Å². The van der Waals surface area contributed by atoms with Gasteiger partial charge in [0.1, 0.15) is 0 Å². The van der Waals surface area contributed by atoms with Crippen LogP contribution in [0.4, 0.5) is 17.6 Å². The molecule has 1 N–H and O–H groups in total. The van der Waals surface area contributed by atoms with Gasteiger partial charge in [-0.15, -0.1) is 0 Å². The highest BCUT2D eigenvalue weighted by Gasteiger charge is 2.13. The number of benzene rings is 1. The molecular weight excluding hydrogens is 266 g/mol. The van der Waals surface area contributed by atoms with Gasteiger partial charge in [0.2, 0.25) is 11.9 Å². The van der Waals surface area contributed by atoms with Gasteiger partial charge < -0.3 is 15.0 Å². The number of rotatable bonds is 6. The van der Waals surface area contributed by atoms with Crippen LogP contribution < -0.4 is 15.0 Å². The highest BCUT2D eigenvalue weighted by Crippen LogP contribution is 2.25. The molecule has 2 rings (SSSR count). The monoisotopic (exact) mass is 287 g/mol. The van der Waals surface area contributed by atoms with Crippen LogP contribution in [0, 0.1) is 6.92 Å². The van der Waals surface area contributed by atoms with E-state index < -0.39 is 0 Å². The van der Waals surface area contributed by atoms with Crippen molar-refractivity contribution in [2.75, 3.05) is 30.4 Å². The smallest absolute Gasteiger partial charge is 0.323 e. The van der Waals surface area contributed by atoms with Crippen LogP contribution in [-0.4, -0.2) is 35.2 Å². The third-order valence-electron chi connectivity index (χ3n) is 2.99. The maximum Gasteiger partial charge on any atom is 0.323 e. The highest BCUT2D eigenvalue weighted by molar-refractivity contribution is 5.61. The molecule has 6 nitrogen and oxygen atoms in total. The number of hydrogen-bond donors (Lipinski definition) is 1. The van der Waals surface area contributed by atoms with Gasteiger partial charge in [-0.1, -0.05) is 18.2 Å². The zero-order chi connectivity index (χ0) is 15.2. The summed E-state index contributed by atoms with van der Waals surface area (Å²) in [4.78, 5) is 15.0. The van der Waals surface area contributed by atoms with Crippen molar-refractivity contribution in [3.63, 3.8) is 0 Å². The van der Waals surface area contributed by atoms with Gasteiger partial charge in [-0.3, -0.25) is 0 Å². The van der Waals surface area contributed by atoms with Crippen molar-refractivity contribution in [2.45, 2.75) is 20.8 Å². The van der Waals surface area contributed by atoms with Gasteiger partial charge in [-0.25, -0.2) is 0 Å². The molecule has 0 fully saturated rings. The molecule has 0 bridgehead atoms. The lowest BCUT2D eigenvalue weighted by atomic mass is 10.2. The molecule has 6 heteroatoms. The van der Waals surface area contributed by atoms with E-state index >= 15 is 0 Å². The molecule has 0 saturated heterocycles. The minimum absolute atomic E-state index is 0.332. The van der Waals surface area contributed by atoms with Gasteiger partial charge in [-0.05, 0) is 32.4 Å². The molecule has 112 valence electrons. The molecule has 1 heterocycles. The Bertz CT molecular complexity index is 578. The van der Waals surface area contributed by atoms with Gasteiger partial charge in [0, 0.05) is 19.3 Å². The molecule has 0 aliphatic rings. The van der Waals surface area contributed by atoms with Crippen LogP contribution in [0.2, 0.25) is 0 Å². The second kappa shape index (κ2) is 6.88. The van der Waals surface area contributed by atoms with Crippen molar-refractivity contribution < 1.29 is 4.74 Å². The molecule has 0 atom stereocenters. The summed E-state index contributed by atoms with van der Waals surface area (Å²) in [7, 11) is 1.93. The average Bonchev–Trinajstić information content (AvgIpc) is 2.47. The average molecular weight is 287 g/mol. The molecule has 1 aromatic carbocycles. The quantitative estimate of drug-likeness (QED) is 0.881. The Morgan fingerprint density at radius 3 is 2.57 bits per heavy atom. The number of aryl methyl sites for hydroxylation is 1. The second-order valence-corrected chi connectivity index (χ2v) is 4.55. The topological polar surface area (TPSA) is 63.2 Å². The molecule has 0 saturated carbocycles. The Morgan fingerprint density at radius 2 is 1.90 bits per heavy atom. The zero-order valence-electron chi connectivity index (χ0n) is 12.9. The minimum Gasteiger partial charge on any atom is -0.464 e. The van der Waals surface area contributed by atoms with Crippen LogP contribution in [0.15, 0.2) is 24.3 Å². The summed E-state index contributed by atoms with van der Waals surface area (Å²) in [6.45, 7) is 7.21. The van der Waals surface area contributed by atoms with Crippen molar-refractivity contribution in [1.29, 1.82) is 0 Å². The lowest BCUT2D eigenvalue weighted by Gasteiger charge is -2.20. The SMILES string of the molecule is CCNc1nc(OCC)nc(N(C)c2ccccc2C)n1. The molecule has 0 unspecified atom stereocenters. The van der Waals surface area contributed by atoms with Crippen molar-refractivity contribution >= 4 is 17.6 Å². The Kier molecular flexibility index (Phi) is 4.92. The lowest BCUT2D eigenvalue weighted by molar-refractivity contribution is 0.312. The van der Waals surface area contributed by atoms with Crippen molar-refractivity contribution in [2.24, 2.45) is 0 Å². The van der Waals surface area contributed by atoms with Crippen LogP contribution in [0.25, 0.3) is 0 Å². The van der Waals surface area contributed by atoms with Crippen molar-refractivity contribution in [3.8, 4) is 6.01 Å². The summed E-state index contributed by atoms with van der Waals surface area (Å²) in [6.07, 6.45) is 0. The van der Waals surface area contributed by atoms with E-state index in [0.717, 1.165) is 17.8 Å². The van der Waals surface area contributed by atoms with Crippen LogP contribution in [0.5, 0.6) is 6.01 Å². The summed E-state index contributed by atoms with van der Waals surface area (Å²) in [5.74, 6) is 1.07. The molecule has 0 aliphatic heterocycles. The second-order valence-electron chi connectivity index (χ2n) is 4.55. The van der Waals surface area contributed by atoms with Crippen LogP contribution >= 0.6 is 0 Å². The molecule has 0 amide bonds. The first-order valence-corrected chi connectivity index (χ1v) is 7.07. The van der Waals surface area contributed by atoms with Gasteiger partial charge in [0.05, 0.1) is 6.61 Å². The summed E-state index contributed by atoms with van der Waals surface area (Å²) >= 11 is 0. The highest BCUT2D eigenvalue weighted by atomic mass is 16.5. The maximum absolute atomic E-state index is 5.42. The number of aromatic nitrogens is 3. The Balaban J connectivity index is 2.39. The first-order chi connectivity index (χ1) is 10.2. The number of hydrogen-bond acceptors (Lipinski definition) is 6. The van der Waals surface area contributed by atoms with Crippen LogP contribution in [0.3, 0.4) is 0 Å². The zero-order valence-corrected chi connectivity index (χ0v) is 12.9. The van der Waals surface area contributed by atoms with Gasteiger partial charge in [0.25, 0.3) is 0 Å². The van der Waals surface area contributed by atoms with Crippen LogP contribution in [0.1, 0.15) is 19.4 Å². The van der Waals surface area contributed by atoms with Gasteiger partial charge >= 0.3 is 6.01 Å². The molecule has 2 aromatic rings. The largest absolute Gasteiger partial charge is 0.464 e. The third-order valence-corrected chi connectivity index (χ3v) is 2.99. The first-order valence-electron chi connectivity index (χ1n) is 7.07. The summed E-state index contributed by atoms with van der Waals surface area (Å²) in [6, 6.07) is 8.43. The van der Waals surface area contributed by atoms with E-state index in [-0.39, 0.29) is 0 Å². The summed E-state index contributed by atoms with van der Waals surface area (Å²) in [5.41, 5.74) is 2.21. The Hall–Kier alpha value is -2.37. The number of para-hydroxylation sites is 1. The molecule has 0 spiro atoms. The van der Waals surface area contributed by atoms with E-state index in [1.54, 1.807) is 0 Å². The molecular formula is C15H21N5O.